The normalized spacial score (nSPS) is 19.0. The molecule has 0 spiro atoms. The smallest absolute Gasteiger partial charge is 0.0892 e. The average Bonchev–Trinajstić information content (AvgIpc) is 2.50. The van der Waals surface area contributed by atoms with Crippen LogP contribution in [0.15, 0.2) is 24.3 Å². The van der Waals surface area contributed by atoms with Crippen LogP contribution in [-0.4, -0.2) is 19.6 Å². The number of thioether (sulfide) groups is 2. The predicted octanol–water partition coefficient (Wildman–Crippen LogP) is 6.07. The summed E-state index contributed by atoms with van der Waals surface area (Å²) in [4.78, 5) is 0. The molecule has 1 fully saturated rings. The fourth-order valence-electron chi connectivity index (χ4n) is 3.61. The number of hydrogen-bond acceptors (Lipinski definition) is 2. The molecule has 0 aromatic heterocycles. The molecule has 1 aliphatic rings. The summed E-state index contributed by atoms with van der Waals surface area (Å²) >= 11 is 4.56. The van der Waals surface area contributed by atoms with Crippen molar-refractivity contribution in [2.45, 2.75) is 56.0 Å². The van der Waals surface area contributed by atoms with Gasteiger partial charge in [-0.05, 0) is 30.4 Å². The van der Waals surface area contributed by atoms with E-state index in [1.54, 1.807) is 5.56 Å². The Bertz CT molecular complexity index is 426. The molecule has 0 nitrogen and oxygen atoms in total. The summed E-state index contributed by atoms with van der Waals surface area (Å²) in [5.41, 5.74) is 3.03. The SMILES string of the molecule is CC[Si](CC)(CC)C1(c2cccc(C)c2)SCCCS1. The van der Waals surface area contributed by atoms with E-state index < -0.39 is 8.07 Å². The van der Waals surface area contributed by atoms with Crippen LogP contribution >= 0.6 is 23.5 Å². The molecular weight excluding hydrogens is 296 g/mol. The molecule has 2 rings (SSSR count). The molecule has 0 saturated carbocycles. The number of hydrogen-bond donors (Lipinski definition) is 0. The average molecular weight is 325 g/mol. The predicted molar refractivity (Wildman–Crippen MR) is 99.6 cm³/mol. The van der Waals surface area contributed by atoms with Gasteiger partial charge in [0.25, 0.3) is 0 Å². The van der Waals surface area contributed by atoms with E-state index in [0.29, 0.717) is 3.70 Å². The van der Waals surface area contributed by atoms with Gasteiger partial charge in [0.15, 0.2) is 0 Å². The lowest BCUT2D eigenvalue weighted by Crippen LogP contribution is -2.52. The van der Waals surface area contributed by atoms with Crippen molar-refractivity contribution in [3.05, 3.63) is 35.4 Å². The summed E-state index contributed by atoms with van der Waals surface area (Å²) in [6.45, 7) is 9.59. The molecule has 1 saturated heterocycles. The third-order valence-corrected chi connectivity index (χ3v) is 17.2. The van der Waals surface area contributed by atoms with Gasteiger partial charge in [-0.3, -0.25) is 0 Å². The Morgan fingerprint density at radius 3 is 2.15 bits per heavy atom. The summed E-state index contributed by atoms with van der Waals surface area (Å²) in [6, 6.07) is 13.6. The molecule has 0 radical (unpaired) electrons. The van der Waals surface area contributed by atoms with Gasteiger partial charge in [-0.15, -0.1) is 23.5 Å². The molecule has 0 unspecified atom stereocenters. The van der Waals surface area contributed by atoms with Crippen LogP contribution in [-0.2, 0) is 3.70 Å². The minimum atomic E-state index is -1.30. The van der Waals surface area contributed by atoms with Crippen LogP contribution in [0.2, 0.25) is 18.1 Å². The third-order valence-electron chi connectivity index (χ3n) is 5.03. The highest BCUT2D eigenvalue weighted by Crippen LogP contribution is 2.59. The van der Waals surface area contributed by atoms with Crippen LogP contribution in [0.1, 0.15) is 38.3 Å². The molecule has 0 aliphatic carbocycles. The molecule has 0 N–H and O–H groups in total. The van der Waals surface area contributed by atoms with Crippen LogP contribution in [0.4, 0.5) is 0 Å². The van der Waals surface area contributed by atoms with Gasteiger partial charge in [0, 0.05) is 0 Å². The fourth-order valence-corrected chi connectivity index (χ4v) is 15.7. The Hall–Kier alpha value is 0.137. The molecule has 0 bridgehead atoms. The van der Waals surface area contributed by atoms with Crippen molar-refractivity contribution in [1.82, 2.24) is 0 Å². The standard InChI is InChI=1S/C17H28S2Si/c1-5-20(6-2,7-3)17(18-12-9-13-19-17)16-11-8-10-15(4)14-16/h8,10-11,14H,5-7,9,12-13H2,1-4H3. The second-order valence-electron chi connectivity index (χ2n) is 5.88. The molecule has 1 aromatic rings. The molecule has 112 valence electrons. The highest BCUT2D eigenvalue weighted by molar-refractivity contribution is 8.20. The van der Waals surface area contributed by atoms with Crippen molar-refractivity contribution in [3.8, 4) is 0 Å². The Morgan fingerprint density at radius 1 is 1.05 bits per heavy atom. The van der Waals surface area contributed by atoms with Crippen molar-refractivity contribution in [1.29, 1.82) is 0 Å². The molecule has 1 aliphatic heterocycles. The van der Waals surface area contributed by atoms with E-state index in [-0.39, 0.29) is 0 Å². The first-order chi connectivity index (χ1) is 9.64. The van der Waals surface area contributed by atoms with Gasteiger partial charge in [0.05, 0.1) is 11.8 Å². The van der Waals surface area contributed by atoms with E-state index in [1.807, 2.05) is 0 Å². The lowest BCUT2D eigenvalue weighted by Gasteiger charge is -2.50. The molecular formula is C17H28S2Si. The van der Waals surface area contributed by atoms with Crippen molar-refractivity contribution in [3.63, 3.8) is 0 Å². The molecule has 20 heavy (non-hydrogen) atoms. The Kier molecular flexibility index (Phi) is 5.72. The summed E-state index contributed by atoms with van der Waals surface area (Å²) in [6.07, 6.45) is 1.38. The fraction of sp³-hybridized carbons (Fsp3) is 0.647. The van der Waals surface area contributed by atoms with Crippen LogP contribution in [0.25, 0.3) is 0 Å². The first-order valence-electron chi connectivity index (χ1n) is 7.99. The molecule has 1 heterocycles. The van der Waals surface area contributed by atoms with Crippen molar-refractivity contribution >= 4 is 31.6 Å². The zero-order valence-corrected chi connectivity index (χ0v) is 16.0. The van der Waals surface area contributed by atoms with Gasteiger partial charge < -0.3 is 0 Å². The molecule has 1 aromatic carbocycles. The zero-order chi connectivity index (χ0) is 14.6. The van der Waals surface area contributed by atoms with E-state index in [4.69, 9.17) is 0 Å². The minimum Gasteiger partial charge on any atom is -0.143 e. The monoisotopic (exact) mass is 324 g/mol. The summed E-state index contributed by atoms with van der Waals surface area (Å²) in [7, 11) is -1.30. The van der Waals surface area contributed by atoms with Crippen molar-refractivity contribution in [2.75, 3.05) is 11.5 Å². The van der Waals surface area contributed by atoms with E-state index in [9.17, 15) is 0 Å². The molecule has 0 amide bonds. The van der Waals surface area contributed by atoms with Gasteiger partial charge in [0.1, 0.15) is 0 Å². The number of aryl methyl sites for hydroxylation is 1. The summed E-state index contributed by atoms with van der Waals surface area (Å²) in [5, 5.41) is 0. The Balaban J connectivity index is 2.55. The third kappa shape index (κ3) is 2.73. The second-order valence-corrected chi connectivity index (χ2v) is 14.9. The van der Waals surface area contributed by atoms with Gasteiger partial charge in [-0.1, -0.05) is 68.7 Å². The quantitative estimate of drug-likeness (QED) is 0.603. The maximum absolute atomic E-state index is 2.47. The minimum absolute atomic E-state index is 0.398. The first kappa shape index (κ1) is 16.5. The zero-order valence-electron chi connectivity index (χ0n) is 13.4. The summed E-state index contributed by atoms with van der Waals surface area (Å²) in [5.74, 6) is 2.69. The maximum atomic E-state index is 2.47. The van der Waals surface area contributed by atoms with E-state index >= 15 is 0 Å². The highest BCUT2D eigenvalue weighted by Gasteiger charge is 2.52. The van der Waals surface area contributed by atoms with E-state index in [1.165, 1.54) is 41.6 Å². The summed E-state index contributed by atoms with van der Waals surface area (Å²) < 4.78 is 0.398. The Labute approximate surface area is 134 Å². The highest BCUT2D eigenvalue weighted by atomic mass is 32.2. The lowest BCUT2D eigenvalue weighted by molar-refractivity contribution is 1.00. The Morgan fingerprint density at radius 2 is 1.65 bits per heavy atom. The maximum Gasteiger partial charge on any atom is 0.0892 e. The lowest BCUT2D eigenvalue weighted by atomic mass is 10.2. The number of benzene rings is 1. The topological polar surface area (TPSA) is 0 Å². The van der Waals surface area contributed by atoms with Gasteiger partial charge in [0.2, 0.25) is 0 Å². The van der Waals surface area contributed by atoms with E-state index in [2.05, 4.69) is 75.5 Å². The second kappa shape index (κ2) is 6.93. The van der Waals surface area contributed by atoms with Gasteiger partial charge in [-0.25, -0.2) is 0 Å². The van der Waals surface area contributed by atoms with Crippen molar-refractivity contribution < 1.29 is 0 Å². The van der Waals surface area contributed by atoms with Crippen LogP contribution in [0.5, 0.6) is 0 Å². The van der Waals surface area contributed by atoms with Crippen LogP contribution in [0, 0.1) is 6.92 Å². The number of rotatable bonds is 5. The largest absolute Gasteiger partial charge is 0.143 e. The van der Waals surface area contributed by atoms with Crippen LogP contribution < -0.4 is 0 Å². The van der Waals surface area contributed by atoms with Gasteiger partial charge in [-0.2, -0.15) is 0 Å². The first-order valence-corrected chi connectivity index (χ1v) is 12.6. The molecule has 0 atom stereocenters. The molecule has 3 heteroatoms. The van der Waals surface area contributed by atoms with Gasteiger partial charge >= 0.3 is 0 Å². The van der Waals surface area contributed by atoms with Crippen LogP contribution in [0.3, 0.4) is 0 Å². The van der Waals surface area contributed by atoms with Crippen molar-refractivity contribution in [2.24, 2.45) is 0 Å². The van der Waals surface area contributed by atoms with E-state index in [0.717, 1.165) is 0 Å².